The van der Waals surface area contributed by atoms with Crippen molar-refractivity contribution in [3.63, 3.8) is 0 Å². The molecule has 0 saturated carbocycles. The Labute approximate surface area is 110 Å². The van der Waals surface area contributed by atoms with E-state index < -0.39 is 0 Å². The first-order chi connectivity index (χ1) is 7.99. The molecule has 1 unspecified atom stereocenters. The minimum absolute atomic E-state index is 0.00365. The maximum absolute atomic E-state index is 11.6. The number of aliphatic hydroxyl groups is 1. The highest BCUT2D eigenvalue weighted by Gasteiger charge is 2.08. The number of aliphatic hydroxyl groups excluding tert-OH is 1. The molecule has 1 heterocycles. The summed E-state index contributed by atoms with van der Waals surface area (Å²) in [6.45, 7) is 4.28. The highest BCUT2D eigenvalue weighted by Crippen LogP contribution is 2.14. The van der Waals surface area contributed by atoms with Crippen LogP contribution in [-0.2, 0) is 11.2 Å². The van der Waals surface area contributed by atoms with E-state index in [0.29, 0.717) is 23.3 Å². The molecule has 0 spiro atoms. The van der Waals surface area contributed by atoms with E-state index in [9.17, 15) is 4.79 Å². The zero-order valence-corrected chi connectivity index (χ0v) is 11.7. The molecule has 0 fully saturated rings. The van der Waals surface area contributed by atoms with Crippen LogP contribution in [-0.4, -0.2) is 28.6 Å². The van der Waals surface area contributed by atoms with Crippen molar-refractivity contribution in [2.75, 3.05) is 6.54 Å². The van der Waals surface area contributed by atoms with Crippen LogP contribution in [0.2, 0.25) is 0 Å². The van der Waals surface area contributed by atoms with Crippen LogP contribution in [0.5, 0.6) is 0 Å². The number of aryl methyl sites for hydroxylation is 1. The van der Waals surface area contributed by atoms with Crippen molar-refractivity contribution in [3.8, 4) is 0 Å². The molecule has 0 aliphatic rings. The Kier molecular flexibility index (Phi) is 5.80. The number of rotatable bonds is 6. The maximum Gasteiger partial charge on any atom is 0.225 e. The molecule has 0 aromatic carbocycles. The van der Waals surface area contributed by atoms with Gasteiger partial charge >= 0.3 is 0 Å². The number of aromatic nitrogens is 1. The van der Waals surface area contributed by atoms with Crippen LogP contribution < -0.4 is 5.32 Å². The lowest BCUT2D eigenvalue weighted by molar-refractivity contribution is -0.120. The molecule has 1 atom stereocenters. The second-order valence-corrected chi connectivity index (χ2v) is 5.85. The van der Waals surface area contributed by atoms with Crippen LogP contribution in [0.15, 0.2) is 0 Å². The minimum atomic E-state index is -0.302. The summed E-state index contributed by atoms with van der Waals surface area (Å²) in [5.74, 6) is 0.00365. The van der Waals surface area contributed by atoms with Gasteiger partial charge in [-0.3, -0.25) is 4.79 Å². The van der Waals surface area contributed by atoms with Gasteiger partial charge in [0.15, 0.2) is 3.95 Å². The number of carbonyl (C=O) groups excluding carboxylic acids is 1. The van der Waals surface area contributed by atoms with Crippen molar-refractivity contribution in [2.24, 2.45) is 0 Å². The molecule has 1 amide bonds. The van der Waals surface area contributed by atoms with Gasteiger partial charge < -0.3 is 15.4 Å². The molecule has 96 valence electrons. The van der Waals surface area contributed by atoms with E-state index >= 15 is 0 Å². The fourth-order valence-corrected chi connectivity index (χ4v) is 2.73. The van der Waals surface area contributed by atoms with Crippen LogP contribution in [0, 0.1) is 10.9 Å². The van der Waals surface area contributed by atoms with Crippen molar-refractivity contribution in [2.45, 2.75) is 39.2 Å². The molecule has 1 aromatic heterocycles. The molecule has 6 heteroatoms. The number of hydrogen-bond acceptors (Lipinski definition) is 4. The average molecular weight is 274 g/mol. The molecule has 0 radical (unpaired) electrons. The van der Waals surface area contributed by atoms with Gasteiger partial charge in [-0.2, -0.15) is 0 Å². The van der Waals surface area contributed by atoms with E-state index in [0.717, 1.165) is 17.0 Å². The molecule has 0 aliphatic carbocycles. The van der Waals surface area contributed by atoms with Gasteiger partial charge in [-0.1, -0.05) is 0 Å². The summed E-state index contributed by atoms with van der Waals surface area (Å²) in [7, 11) is 0. The molecule has 1 rings (SSSR count). The summed E-state index contributed by atoms with van der Waals surface area (Å²) in [4.78, 5) is 15.6. The molecule has 4 nitrogen and oxygen atoms in total. The zero-order valence-electron chi connectivity index (χ0n) is 10.1. The quantitative estimate of drug-likeness (QED) is 0.548. The summed E-state index contributed by atoms with van der Waals surface area (Å²) in [5, 5.41) is 11.9. The molecule has 0 bridgehead atoms. The predicted molar refractivity (Wildman–Crippen MR) is 71.9 cm³/mol. The largest absolute Gasteiger partial charge is 0.393 e. The van der Waals surface area contributed by atoms with Gasteiger partial charge in [0.2, 0.25) is 5.91 Å². The molecular weight excluding hydrogens is 256 g/mol. The third-order valence-electron chi connectivity index (χ3n) is 2.37. The first-order valence-electron chi connectivity index (χ1n) is 5.62. The first kappa shape index (κ1) is 14.3. The highest BCUT2D eigenvalue weighted by atomic mass is 32.1. The lowest BCUT2D eigenvalue weighted by Gasteiger charge is -2.06. The van der Waals surface area contributed by atoms with E-state index in [1.54, 1.807) is 6.92 Å². The molecule has 0 aliphatic heterocycles. The van der Waals surface area contributed by atoms with Crippen LogP contribution >= 0.6 is 23.6 Å². The van der Waals surface area contributed by atoms with Crippen LogP contribution in [0.4, 0.5) is 0 Å². The number of hydrogen-bond donors (Lipinski definition) is 3. The standard InChI is InChI=1S/C11H18N2O2S2/c1-7(14)4-3-5-12-10(15)6-9-8(2)13-11(16)17-9/h7,14H,3-6H2,1-2H3,(H,12,15)(H,13,16). The normalized spacial score (nSPS) is 12.4. The summed E-state index contributed by atoms with van der Waals surface area (Å²) in [6.07, 6.45) is 1.58. The van der Waals surface area contributed by atoms with Crippen LogP contribution in [0.3, 0.4) is 0 Å². The van der Waals surface area contributed by atoms with Crippen molar-refractivity contribution in [1.29, 1.82) is 0 Å². The average Bonchev–Trinajstić information content (AvgIpc) is 2.52. The van der Waals surface area contributed by atoms with Gasteiger partial charge in [0, 0.05) is 17.1 Å². The van der Waals surface area contributed by atoms with E-state index in [-0.39, 0.29) is 12.0 Å². The minimum Gasteiger partial charge on any atom is -0.393 e. The SMILES string of the molecule is Cc1[nH]c(=S)sc1CC(=O)NCCCC(C)O. The lowest BCUT2D eigenvalue weighted by atomic mass is 10.2. The van der Waals surface area contributed by atoms with Gasteiger partial charge in [0.1, 0.15) is 0 Å². The van der Waals surface area contributed by atoms with Gasteiger partial charge in [-0.15, -0.1) is 11.3 Å². The second kappa shape index (κ2) is 6.88. The number of thiazole rings is 1. The van der Waals surface area contributed by atoms with Gasteiger partial charge in [0.05, 0.1) is 12.5 Å². The third-order valence-corrected chi connectivity index (χ3v) is 3.70. The predicted octanol–water partition coefficient (Wildman–Crippen LogP) is 1.93. The van der Waals surface area contributed by atoms with Gasteiger partial charge in [0.25, 0.3) is 0 Å². The maximum atomic E-state index is 11.6. The molecule has 3 N–H and O–H groups in total. The van der Waals surface area contributed by atoms with Crippen LogP contribution in [0.1, 0.15) is 30.3 Å². The monoisotopic (exact) mass is 274 g/mol. The number of nitrogens with one attached hydrogen (secondary N) is 2. The third kappa shape index (κ3) is 5.43. The Morgan fingerprint density at radius 1 is 1.65 bits per heavy atom. The number of amides is 1. The molecule has 1 aromatic rings. The number of carbonyl (C=O) groups is 1. The van der Waals surface area contributed by atoms with Crippen LogP contribution in [0.25, 0.3) is 0 Å². The molecule has 17 heavy (non-hydrogen) atoms. The van der Waals surface area contributed by atoms with Crippen molar-refractivity contribution in [1.82, 2.24) is 10.3 Å². The van der Waals surface area contributed by atoms with Crippen molar-refractivity contribution >= 4 is 29.5 Å². The Bertz CT molecular complexity index is 423. The molecule has 0 saturated heterocycles. The highest BCUT2D eigenvalue weighted by molar-refractivity contribution is 7.73. The lowest BCUT2D eigenvalue weighted by Crippen LogP contribution is -2.26. The number of H-pyrrole nitrogens is 1. The zero-order chi connectivity index (χ0) is 12.8. The Balaban J connectivity index is 2.30. The Morgan fingerprint density at radius 2 is 2.35 bits per heavy atom. The summed E-state index contributed by atoms with van der Waals surface area (Å²) >= 11 is 6.46. The van der Waals surface area contributed by atoms with E-state index in [1.165, 1.54) is 11.3 Å². The summed E-state index contributed by atoms with van der Waals surface area (Å²) in [6, 6.07) is 0. The smallest absolute Gasteiger partial charge is 0.225 e. The fourth-order valence-electron chi connectivity index (χ4n) is 1.44. The Hall–Kier alpha value is -0.720. The topological polar surface area (TPSA) is 65.1 Å². The van der Waals surface area contributed by atoms with Gasteiger partial charge in [-0.05, 0) is 38.9 Å². The second-order valence-electron chi connectivity index (χ2n) is 4.08. The Morgan fingerprint density at radius 3 is 2.88 bits per heavy atom. The van der Waals surface area contributed by atoms with E-state index in [2.05, 4.69) is 10.3 Å². The first-order valence-corrected chi connectivity index (χ1v) is 6.85. The molecular formula is C11H18N2O2S2. The van der Waals surface area contributed by atoms with Crippen molar-refractivity contribution in [3.05, 3.63) is 14.5 Å². The van der Waals surface area contributed by atoms with E-state index in [4.69, 9.17) is 17.3 Å². The summed E-state index contributed by atoms with van der Waals surface area (Å²) in [5.41, 5.74) is 0.971. The number of aromatic amines is 1. The van der Waals surface area contributed by atoms with Crippen molar-refractivity contribution < 1.29 is 9.90 Å². The fraction of sp³-hybridized carbons (Fsp3) is 0.636. The summed E-state index contributed by atoms with van der Waals surface area (Å²) < 4.78 is 0.708. The van der Waals surface area contributed by atoms with E-state index in [1.807, 2.05) is 6.92 Å². The van der Waals surface area contributed by atoms with Gasteiger partial charge in [-0.25, -0.2) is 0 Å².